The number of hydrogen-bond acceptors (Lipinski definition) is 7. The summed E-state index contributed by atoms with van der Waals surface area (Å²) < 4.78 is 79.9. The Balaban J connectivity index is 1.51. The Morgan fingerprint density at radius 2 is 1.56 bits per heavy atom. The molecule has 0 aliphatic rings. The van der Waals surface area contributed by atoms with Gasteiger partial charge in [0.15, 0.2) is 9.84 Å². The van der Waals surface area contributed by atoms with Crippen LogP contribution in [0, 0.1) is 18.6 Å². The van der Waals surface area contributed by atoms with Crippen molar-refractivity contribution in [3.63, 3.8) is 0 Å². The first-order valence-corrected chi connectivity index (χ1v) is 15.5. The van der Waals surface area contributed by atoms with Crippen molar-refractivity contribution in [1.82, 2.24) is 9.97 Å². The van der Waals surface area contributed by atoms with Crippen molar-refractivity contribution in [1.29, 1.82) is 0 Å². The molecule has 0 unspecified atom stereocenters. The van der Waals surface area contributed by atoms with Gasteiger partial charge in [-0.3, -0.25) is 9.71 Å². The van der Waals surface area contributed by atoms with E-state index in [0.717, 1.165) is 17.5 Å². The molecule has 0 spiro atoms. The highest BCUT2D eigenvalue weighted by molar-refractivity contribution is 7.92. The van der Waals surface area contributed by atoms with Gasteiger partial charge in [0.2, 0.25) is 0 Å². The van der Waals surface area contributed by atoms with Crippen molar-refractivity contribution < 1.29 is 25.6 Å². The third kappa shape index (κ3) is 5.61. The van der Waals surface area contributed by atoms with Gasteiger partial charge >= 0.3 is 0 Å². The van der Waals surface area contributed by atoms with E-state index >= 15 is 0 Å². The monoisotopic (exact) mass is 594 g/mol. The average molecular weight is 595 g/mol. The molecule has 0 saturated carbocycles. The number of pyridine rings is 2. The fourth-order valence-corrected chi connectivity index (χ4v) is 6.35. The minimum atomic E-state index is -4.37. The minimum Gasteiger partial charge on any atom is -0.383 e. The van der Waals surface area contributed by atoms with Gasteiger partial charge < -0.3 is 5.73 Å². The maximum absolute atomic E-state index is 14.2. The summed E-state index contributed by atoms with van der Waals surface area (Å²) in [5.41, 5.74) is 9.91. The van der Waals surface area contributed by atoms with Crippen LogP contribution < -0.4 is 10.5 Å². The molecule has 2 heterocycles. The fourth-order valence-electron chi connectivity index (χ4n) is 4.30. The van der Waals surface area contributed by atoms with Gasteiger partial charge in [0.1, 0.15) is 22.3 Å². The highest BCUT2D eigenvalue weighted by Crippen LogP contribution is 2.33. The molecular weight excluding hydrogens is 570 g/mol. The van der Waals surface area contributed by atoms with E-state index in [4.69, 9.17) is 5.73 Å². The van der Waals surface area contributed by atoms with Crippen LogP contribution in [0.1, 0.15) is 12.6 Å². The van der Waals surface area contributed by atoms with Gasteiger partial charge in [0.25, 0.3) is 10.0 Å². The molecular formula is C29H24F2N4O4S2. The van der Waals surface area contributed by atoms with E-state index in [1.807, 2.05) is 12.1 Å². The van der Waals surface area contributed by atoms with Gasteiger partial charge in [0.05, 0.1) is 27.5 Å². The Morgan fingerprint density at radius 3 is 2.24 bits per heavy atom. The van der Waals surface area contributed by atoms with Crippen molar-refractivity contribution >= 4 is 42.3 Å². The Morgan fingerprint density at radius 1 is 0.854 bits per heavy atom. The van der Waals surface area contributed by atoms with Crippen LogP contribution >= 0.6 is 0 Å². The molecule has 2 aromatic heterocycles. The van der Waals surface area contributed by atoms with E-state index in [1.165, 1.54) is 12.1 Å². The standard InChI is InChI=1S/C29H24F2N4O4S2/c1-3-40(36,37)23-8-4-18(5-9-23)24-13-20-12-19(6-10-26(20)34-29(24)32)21-14-27(17(2)33-16-21)35-41(38,39)28-11-7-22(30)15-25(28)31/h4-16,35H,3H2,1-2H3,(H2,32,34). The Bertz CT molecular complexity index is 2030. The quantitative estimate of drug-likeness (QED) is 0.246. The second-order valence-electron chi connectivity index (χ2n) is 9.29. The molecule has 0 fully saturated rings. The molecule has 0 aliphatic heterocycles. The zero-order chi connectivity index (χ0) is 29.5. The number of hydrogen-bond donors (Lipinski definition) is 2. The van der Waals surface area contributed by atoms with Crippen LogP contribution in [0.4, 0.5) is 20.3 Å². The maximum Gasteiger partial charge on any atom is 0.264 e. The molecule has 5 rings (SSSR count). The summed E-state index contributed by atoms with van der Waals surface area (Å²) in [6.07, 6.45) is 1.57. The Labute approximate surface area is 235 Å². The lowest BCUT2D eigenvalue weighted by Crippen LogP contribution is -2.16. The number of nitrogens with one attached hydrogen (secondary N) is 1. The largest absolute Gasteiger partial charge is 0.383 e. The van der Waals surface area contributed by atoms with E-state index in [0.29, 0.717) is 39.5 Å². The number of rotatable bonds is 7. The van der Waals surface area contributed by atoms with E-state index < -0.39 is 36.4 Å². The molecule has 12 heteroatoms. The van der Waals surface area contributed by atoms with Crippen LogP contribution in [0.15, 0.2) is 88.8 Å². The summed E-state index contributed by atoms with van der Waals surface area (Å²) in [7, 11) is -7.71. The van der Waals surface area contributed by atoms with Gasteiger partial charge in [-0.2, -0.15) is 0 Å². The molecule has 0 bridgehead atoms. The minimum absolute atomic E-state index is 0.00501. The highest BCUT2D eigenvalue weighted by Gasteiger charge is 2.21. The molecule has 0 radical (unpaired) electrons. The number of nitrogens with two attached hydrogens (primary N) is 1. The van der Waals surface area contributed by atoms with Crippen molar-refractivity contribution in [2.75, 3.05) is 16.2 Å². The van der Waals surface area contributed by atoms with Crippen molar-refractivity contribution in [2.24, 2.45) is 0 Å². The van der Waals surface area contributed by atoms with Gasteiger partial charge in [-0.25, -0.2) is 30.6 Å². The zero-order valence-electron chi connectivity index (χ0n) is 21.9. The molecule has 41 heavy (non-hydrogen) atoms. The van der Waals surface area contributed by atoms with Crippen LogP contribution in [0.25, 0.3) is 33.2 Å². The lowest BCUT2D eigenvalue weighted by atomic mass is 10.0. The number of sulfone groups is 1. The van der Waals surface area contributed by atoms with Crippen molar-refractivity contribution in [2.45, 2.75) is 23.6 Å². The number of nitrogen functional groups attached to an aromatic ring is 1. The zero-order valence-corrected chi connectivity index (χ0v) is 23.5. The predicted octanol–water partition coefficient (Wildman–Crippen LogP) is 5.73. The van der Waals surface area contributed by atoms with E-state index in [2.05, 4.69) is 14.7 Å². The molecule has 0 atom stereocenters. The third-order valence-corrected chi connectivity index (χ3v) is 9.75. The lowest BCUT2D eigenvalue weighted by molar-refractivity contribution is 0.551. The van der Waals surface area contributed by atoms with Gasteiger partial charge in [-0.05, 0) is 66.6 Å². The van der Waals surface area contributed by atoms with E-state index in [-0.39, 0.29) is 22.2 Å². The number of nitrogens with zero attached hydrogens (tertiary/aromatic N) is 2. The maximum atomic E-state index is 14.2. The number of aryl methyl sites for hydroxylation is 1. The smallest absolute Gasteiger partial charge is 0.264 e. The van der Waals surface area contributed by atoms with E-state index in [1.54, 1.807) is 50.4 Å². The number of sulfonamides is 1. The topological polar surface area (TPSA) is 132 Å². The number of fused-ring (bicyclic) bond motifs is 1. The summed E-state index contributed by atoms with van der Waals surface area (Å²) in [4.78, 5) is 8.32. The van der Waals surface area contributed by atoms with Crippen LogP contribution in [-0.4, -0.2) is 32.6 Å². The molecule has 210 valence electrons. The molecule has 8 nitrogen and oxygen atoms in total. The first-order valence-electron chi connectivity index (χ1n) is 12.4. The molecule has 0 aliphatic carbocycles. The third-order valence-electron chi connectivity index (χ3n) is 6.60. The second kappa shape index (κ2) is 10.5. The number of aromatic nitrogens is 2. The first-order chi connectivity index (χ1) is 19.4. The van der Waals surface area contributed by atoms with Crippen LogP contribution in [0.2, 0.25) is 0 Å². The lowest BCUT2D eigenvalue weighted by Gasteiger charge is -2.13. The fraction of sp³-hybridized carbons (Fsp3) is 0.103. The summed E-state index contributed by atoms with van der Waals surface area (Å²) in [6.45, 7) is 3.18. The molecule has 3 N–H and O–H groups in total. The first kappa shape index (κ1) is 28.1. The molecule has 3 aromatic carbocycles. The van der Waals surface area contributed by atoms with Gasteiger partial charge in [-0.15, -0.1) is 0 Å². The summed E-state index contributed by atoms with van der Waals surface area (Å²) in [5.74, 6) is -1.83. The average Bonchev–Trinajstić information content (AvgIpc) is 2.93. The summed E-state index contributed by atoms with van der Waals surface area (Å²) in [5, 5.41) is 0.730. The van der Waals surface area contributed by atoms with Crippen LogP contribution in [0.5, 0.6) is 0 Å². The number of benzene rings is 3. The Hall–Kier alpha value is -4.42. The SMILES string of the molecule is CCS(=O)(=O)c1ccc(-c2cc3cc(-c4cnc(C)c(NS(=O)(=O)c5ccc(F)cc5F)c4)ccc3nc2N)cc1. The molecule has 0 amide bonds. The molecule has 5 aromatic rings. The van der Waals surface area contributed by atoms with Crippen molar-refractivity contribution in [3.05, 3.63) is 96.3 Å². The second-order valence-corrected chi connectivity index (χ2v) is 13.2. The normalized spacial score (nSPS) is 12.0. The summed E-state index contributed by atoms with van der Waals surface area (Å²) in [6, 6.07) is 17.4. The van der Waals surface area contributed by atoms with Crippen molar-refractivity contribution in [3.8, 4) is 22.3 Å². The Kier molecular flexibility index (Phi) is 7.22. The van der Waals surface area contributed by atoms with Crippen LogP contribution in [-0.2, 0) is 19.9 Å². The van der Waals surface area contributed by atoms with Gasteiger partial charge in [-0.1, -0.05) is 25.1 Å². The number of halogens is 2. The summed E-state index contributed by atoms with van der Waals surface area (Å²) >= 11 is 0. The van der Waals surface area contributed by atoms with Crippen LogP contribution in [0.3, 0.4) is 0 Å². The van der Waals surface area contributed by atoms with Gasteiger partial charge in [0, 0.05) is 28.8 Å². The predicted molar refractivity (Wildman–Crippen MR) is 154 cm³/mol. The van der Waals surface area contributed by atoms with E-state index in [9.17, 15) is 25.6 Å². The number of anilines is 2. The molecule has 0 saturated heterocycles. The highest BCUT2D eigenvalue weighted by atomic mass is 32.2.